The van der Waals surface area contributed by atoms with E-state index in [4.69, 9.17) is 4.74 Å². The summed E-state index contributed by atoms with van der Waals surface area (Å²) in [5, 5.41) is 3.98. The minimum absolute atomic E-state index is 0.190. The number of aryl methyl sites for hydroxylation is 1. The van der Waals surface area contributed by atoms with Crippen LogP contribution in [0.25, 0.3) is 0 Å². The van der Waals surface area contributed by atoms with Crippen LogP contribution in [0.15, 0.2) is 29.2 Å². The van der Waals surface area contributed by atoms with Gasteiger partial charge in [-0.15, -0.1) is 11.8 Å². The van der Waals surface area contributed by atoms with Crippen molar-refractivity contribution in [3.63, 3.8) is 0 Å². The fourth-order valence-corrected chi connectivity index (χ4v) is 4.40. The number of carbonyl (C=O) groups is 1. The predicted octanol–water partition coefficient (Wildman–Crippen LogP) is 2.46. The van der Waals surface area contributed by atoms with Crippen molar-refractivity contribution in [1.29, 1.82) is 0 Å². The van der Waals surface area contributed by atoms with E-state index >= 15 is 0 Å². The van der Waals surface area contributed by atoms with E-state index in [9.17, 15) is 4.79 Å². The van der Waals surface area contributed by atoms with Crippen LogP contribution in [0.1, 0.15) is 24.8 Å². The first-order valence-corrected chi connectivity index (χ1v) is 9.41. The average Bonchev–Trinajstić information content (AvgIpc) is 2.58. The first-order valence-electron chi connectivity index (χ1n) is 8.53. The quantitative estimate of drug-likeness (QED) is 0.918. The number of thioether (sulfide) groups is 1. The maximum Gasteiger partial charge on any atom is 0.224 e. The number of nitrogens with one attached hydrogen (secondary N) is 1. The van der Waals surface area contributed by atoms with Gasteiger partial charge in [-0.05, 0) is 31.4 Å². The van der Waals surface area contributed by atoms with Crippen LogP contribution in [0.4, 0.5) is 0 Å². The number of piperidine rings is 1. The zero-order chi connectivity index (χ0) is 16.1. The largest absolute Gasteiger partial charge is 0.378 e. The number of amides is 1. The molecule has 0 bridgehead atoms. The van der Waals surface area contributed by atoms with Crippen LogP contribution < -0.4 is 5.32 Å². The number of ether oxygens (including phenoxy) is 1. The Kier molecular flexibility index (Phi) is 5.97. The first kappa shape index (κ1) is 16.8. The third kappa shape index (κ3) is 4.72. The number of rotatable bonds is 4. The molecule has 1 N–H and O–H groups in total. The minimum atomic E-state index is 0.190. The monoisotopic (exact) mass is 334 g/mol. The van der Waals surface area contributed by atoms with E-state index in [1.54, 1.807) is 0 Å². The van der Waals surface area contributed by atoms with Gasteiger partial charge in [0.1, 0.15) is 0 Å². The lowest BCUT2D eigenvalue weighted by atomic mass is 10.1. The Morgan fingerprint density at radius 1 is 1.35 bits per heavy atom. The van der Waals surface area contributed by atoms with Crippen molar-refractivity contribution in [3.05, 3.63) is 29.8 Å². The van der Waals surface area contributed by atoms with Gasteiger partial charge in [0, 0.05) is 42.2 Å². The zero-order valence-electron chi connectivity index (χ0n) is 13.8. The highest BCUT2D eigenvalue weighted by molar-refractivity contribution is 8.00. The zero-order valence-corrected chi connectivity index (χ0v) is 14.6. The van der Waals surface area contributed by atoms with Gasteiger partial charge in [0.2, 0.25) is 5.91 Å². The molecule has 2 heterocycles. The molecule has 3 rings (SSSR count). The molecular weight excluding hydrogens is 308 g/mol. The summed E-state index contributed by atoms with van der Waals surface area (Å²) < 4.78 is 5.43. The van der Waals surface area contributed by atoms with Crippen LogP contribution >= 0.6 is 11.8 Å². The summed E-state index contributed by atoms with van der Waals surface area (Å²) in [6, 6.07) is 8.75. The Morgan fingerprint density at radius 2 is 2.13 bits per heavy atom. The molecule has 1 atom stereocenters. The third-order valence-corrected chi connectivity index (χ3v) is 6.12. The van der Waals surface area contributed by atoms with Gasteiger partial charge in [0.15, 0.2) is 0 Å². The van der Waals surface area contributed by atoms with Crippen LogP contribution in [-0.4, -0.2) is 54.9 Å². The highest BCUT2D eigenvalue weighted by atomic mass is 32.2. The van der Waals surface area contributed by atoms with Gasteiger partial charge < -0.3 is 15.0 Å². The predicted molar refractivity (Wildman–Crippen MR) is 93.9 cm³/mol. The van der Waals surface area contributed by atoms with Crippen molar-refractivity contribution in [2.45, 2.75) is 42.4 Å². The van der Waals surface area contributed by atoms with E-state index < -0.39 is 0 Å². The van der Waals surface area contributed by atoms with Crippen LogP contribution in [0.3, 0.4) is 0 Å². The molecule has 0 spiro atoms. The van der Waals surface area contributed by atoms with Crippen LogP contribution in [-0.2, 0) is 9.53 Å². The lowest BCUT2D eigenvalue weighted by Crippen LogP contribution is -2.46. The Hall–Kier alpha value is -1.04. The molecule has 0 aliphatic carbocycles. The van der Waals surface area contributed by atoms with Crippen molar-refractivity contribution in [2.75, 3.05) is 32.8 Å². The van der Waals surface area contributed by atoms with E-state index in [1.807, 2.05) is 16.7 Å². The summed E-state index contributed by atoms with van der Waals surface area (Å²) in [6.45, 7) is 6.21. The number of nitrogens with zero attached hydrogens (tertiary/aromatic N) is 1. The van der Waals surface area contributed by atoms with Gasteiger partial charge in [0.25, 0.3) is 0 Å². The molecule has 126 valence electrons. The molecule has 2 aliphatic rings. The molecule has 2 saturated heterocycles. The van der Waals surface area contributed by atoms with Gasteiger partial charge in [-0.1, -0.05) is 18.2 Å². The Bertz CT molecular complexity index is 524. The third-order valence-electron chi connectivity index (χ3n) is 4.60. The SMILES string of the molecule is Cc1ccccc1SC1CCN(C(=O)C[C@H]2COCCN2)CC1. The lowest BCUT2D eigenvalue weighted by Gasteiger charge is -2.33. The molecule has 1 amide bonds. The van der Waals surface area contributed by atoms with Crippen LogP contribution in [0, 0.1) is 6.92 Å². The van der Waals surface area contributed by atoms with Crippen molar-refractivity contribution in [2.24, 2.45) is 0 Å². The molecule has 1 aromatic rings. The summed E-state index contributed by atoms with van der Waals surface area (Å²) in [5.41, 5.74) is 1.35. The van der Waals surface area contributed by atoms with E-state index in [0.29, 0.717) is 18.3 Å². The second kappa shape index (κ2) is 8.18. The smallest absolute Gasteiger partial charge is 0.224 e. The fraction of sp³-hybridized carbons (Fsp3) is 0.611. The maximum absolute atomic E-state index is 12.4. The molecule has 23 heavy (non-hydrogen) atoms. The molecular formula is C18H26N2O2S. The average molecular weight is 334 g/mol. The second-order valence-corrected chi connectivity index (χ2v) is 7.74. The number of hydrogen-bond acceptors (Lipinski definition) is 4. The van der Waals surface area contributed by atoms with Crippen molar-refractivity contribution in [1.82, 2.24) is 10.2 Å². The molecule has 0 radical (unpaired) electrons. The van der Waals surface area contributed by atoms with Gasteiger partial charge in [-0.2, -0.15) is 0 Å². The number of likely N-dealkylation sites (tertiary alicyclic amines) is 1. The topological polar surface area (TPSA) is 41.6 Å². The van der Waals surface area contributed by atoms with Gasteiger partial charge in [-0.25, -0.2) is 0 Å². The molecule has 0 aromatic heterocycles. The molecule has 4 nitrogen and oxygen atoms in total. The van der Waals surface area contributed by atoms with Gasteiger partial charge in [0.05, 0.1) is 13.2 Å². The number of hydrogen-bond donors (Lipinski definition) is 1. The molecule has 2 fully saturated rings. The summed E-state index contributed by atoms with van der Waals surface area (Å²) in [6.07, 6.45) is 2.73. The summed E-state index contributed by atoms with van der Waals surface area (Å²) >= 11 is 1.97. The Balaban J connectivity index is 1.44. The van der Waals surface area contributed by atoms with Gasteiger partial charge in [-0.3, -0.25) is 4.79 Å². The lowest BCUT2D eigenvalue weighted by molar-refractivity contribution is -0.133. The van der Waals surface area contributed by atoms with E-state index in [2.05, 4.69) is 36.5 Å². The normalized spacial score (nSPS) is 23.0. The highest BCUT2D eigenvalue weighted by Gasteiger charge is 2.26. The first-order chi connectivity index (χ1) is 11.2. The summed E-state index contributed by atoms with van der Waals surface area (Å²) in [5.74, 6) is 0.271. The number of benzene rings is 1. The van der Waals surface area contributed by atoms with E-state index in [1.165, 1.54) is 10.5 Å². The number of carbonyl (C=O) groups excluding carboxylic acids is 1. The highest BCUT2D eigenvalue weighted by Crippen LogP contribution is 2.32. The summed E-state index contributed by atoms with van der Waals surface area (Å²) in [4.78, 5) is 15.8. The Morgan fingerprint density at radius 3 is 2.83 bits per heavy atom. The van der Waals surface area contributed by atoms with E-state index in [0.717, 1.165) is 39.1 Å². The molecule has 2 aliphatic heterocycles. The molecule has 0 saturated carbocycles. The Labute approximate surface area is 143 Å². The minimum Gasteiger partial charge on any atom is -0.378 e. The fourth-order valence-electron chi connectivity index (χ4n) is 3.18. The molecule has 0 unspecified atom stereocenters. The van der Waals surface area contributed by atoms with Crippen LogP contribution in [0.5, 0.6) is 0 Å². The van der Waals surface area contributed by atoms with Crippen molar-refractivity contribution in [3.8, 4) is 0 Å². The molecule has 5 heteroatoms. The molecule has 1 aromatic carbocycles. The second-order valence-electron chi connectivity index (χ2n) is 6.39. The number of morpholine rings is 1. The maximum atomic E-state index is 12.4. The van der Waals surface area contributed by atoms with E-state index in [-0.39, 0.29) is 11.9 Å². The van der Waals surface area contributed by atoms with Crippen LogP contribution in [0.2, 0.25) is 0 Å². The van der Waals surface area contributed by atoms with Gasteiger partial charge >= 0.3 is 0 Å². The standard InChI is InChI=1S/C18H26N2O2S/c1-14-4-2-3-5-17(14)23-16-6-9-20(10-7-16)18(21)12-15-13-22-11-8-19-15/h2-5,15-16,19H,6-13H2,1H3/t15-/m0/s1. The van der Waals surface area contributed by atoms with Crippen molar-refractivity contribution < 1.29 is 9.53 Å². The van der Waals surface area contributed by atoms with Crippen molar-refractivity contribution >= 4 is 17.7 Å². The summed E-state index contributed by atoms with van der Waals surface area (Å²) in [7, 11) is 0.